The molecule has 2 aromatic carbocycles. The third kappa shape index (κ3) is 4.73. The first-order valence-corrected chi connectivity index (χ1v) is 10.1. The number of pyridine rings is 1. The normalized spacial score (nSPS) is 15.4. The minimum absolute atomic E-state index is 0.0765. The lowest BCUT2D eigenvalue weighted by Gasteiger charge is -2.35. The highest BCUT2D eigenvalue weighted by atomic mass is 16.2. The molecule has 7 heteroatoms. The molecular formula is C24H25N5O2. The second-order valence-corrected chi connectivity index (χ2v) is 7.69. The van der Waals surface area contributed by atoms with E-state index < -0.39 is 0 Å². The van der Waals surface area contributed by atoms with E-state index in [-0.39, 0.29) is 18.0 Å². The van der Waals surface area contributed by atoms with Crippen molar-refractivity contribution in [2.75, 3.05) is 30.9 Å². The number of likely N-dealkylation sites (N-methyl/N-ethyl adjacent to an activating group) is 1. The molecule has 1 aromatic heterocycles. The molecule has 0 spiro atoms. The van der Waals surface area contributed by atoms with E-state index in [9.17, 15) is 9.59 Å². The summed E-state index contributed by atoms with van der Waals surface area (Å²) in [6.07, 6.45) is 1.36. The average Bonchev–Trinajstić information content (AvgIpc) is 2.77. The number of carbonyl (C=O) groups excluding carboxylic acids is 2. The van der Waals surface area contributed by atoms with Crippen LogP contribution in [0.4, 0.5) is 11.5 Å². The molecule has 0 aliphatic carbocycles. The Morgan fingerprint density at radius 2 is 1.84 bits per heavy atom. The van der Waals surface area contributed by atoms with Crippen LogP contribution in [-0.2, 0) is 11.3 Å². The zero-order valence-electron chi connectivity index (χ0n) is 17.6. The van der Waals surface area contributed by atoms with Crippen LogP contribution >= 0.6 is 0 Å². The third-order valence-electron chi connectivity index (χ3n) is 5.24. The van der Waals surface area contributed by atoms with Gasteiger partial charge in [0.25, 0.3) is 5.91 Å². The van der Waals surface area contributed by atoms with Gasteiger partial charge in [0.2, 0.25) is 5.91 Å². The number of hydrogen-bond acceptors (Lipinski definition) is 5. The van der Waals surface area contributed by atoms with Gasteiger partial charge < -0.3 is 15.5 Å². The van der Waals surface area contributed by atoms with Crippen molar-refractivity contribution in [2.24, 2.45) is 0 Å². The van der Waals surface area contributed by atoms with Crippen LogP contribution in [0.3, 0.4) is 0 Å². The number of carbonyl (C=O) groups is 2. The Labute approximate surface area is 181 Å². The Balaban J connectivity index is 1.37. The number of rotatable bonds is 6. The lowest BCUT2D eigenvalue weighted by Crippen LogP contribution is -2.45. The van der Waals surface area contributed by atoms with Crippen molar-refractivity contribution < 1.29 is 9.59 Å². The van der Waals surface area contributed by atoms with Crippen molar-refractivity contribution >= 4 is 23.3 Å². The molecule has 31 heavy (non-hydrogen) atoms. The summed E-state index contributed by atoms with van der Waals surface area (Å²) in [5, 5.41) is 5.93. The Bertz CT molecular complexity index is 1070. The standard InChI is InChI=1S/C24H25N5O2/c1-28(15-17-7-4-3-5-8-17)16-21(30)26-19-12-10-18(11-13-19)22-27-24(31)20-9-6-14-25-23(20)29(22)2/h3-14,22H,15-16H2,1-2H3,(H,26,30)(H,27,31)/t22-/m1/s1. The summed E-state index contributed by atoms with van der Waals surface area (Å²) in [6.45, 7) is 0.997. The molecule has 0 saturated heterocycles. The van der Waals surface area contributed by atoms with Crippen LogP contribution in [0.2, 0.25) is 0 Å². The van der Waals surface area contributed by atoms with Crippen LogP contribution in [0.5, 0.6) is 0 Å². The Morgan fingerprint density at radius 1 is 1.10 bits per heavy atom. The number of amides is 2. The number of benzene rings is 2. The molecule has 0 bridgehead atoms. The van der Waals surface area contributed by atoms with Crippen molar-refractivity contribution in [3.8, 4) is 0 Å². The van der Waals surface area contributed by atoms with Gasteiger partial charge in [0.15, 0.2) is 0 Å². The summed E-state index contributed by atoms with van der Waals surface area (Å²) in [7, 11) is 3.82. The number of anilines is 2. The second kappa shape index (κ2) is 8.97. The molecule has 3 aromatic rings. The predicted molar refractivity (Wildman–Crippen MR) is 121 cm³/mol. The maximum Gasteiger partial charge on any atom is 0.256 e. The molecule has 1 aliphatic heterocycles. The quantitative estimate of drug-likeness (QED) is 0.647. The highest BCUT2D eigenvalue weighted by molar-refractivity contribution is 6.01. The number of nitrogens with one attached hydrogen (secondary N) is 2. The molecule has 0 radical (unpaired) electrons. The molecule has 1 aliphatic rings. The van der Waals surface area contributed by atoms with Crippen LogP contribution in [0, 0.1) is 0 Å². The van der Waals surface area contributed by atoms with Gasteiger partial charge in [-0.15, -0.1) is 0 Å². The third-order valence-corrected chi connectivity index (χ3v) is 5.24. The van der Waals surface area contributed by atoms with E-state index in [4.69, 9.17) is 0 Å². The molecule has 158 valence electrons. The van der Waals surface area contributed by atoms with E-state index in [1.165, 1.54) is 0 Å². The van der Waals surface area contributed by atoms with Crippen molar-refractivity contribution in [1.82, 2.24) is 15.2 Å². The fourth-order valence-corrected chi connectivity index (χ4v) is 3.73. The molecule has 2 heterocycles. The van der Waals surface area contributed by atoms with Crippen molar-refractivity contribution in [1.29, 1.82) is 0 Å². The van der Waals surface area contributed by atoms with Crippen LogP contribution in [0.25, 0.3) is 0 Å². The number of fused-ring (bicyclic) bond motifs is 1. The summed E-state index contributed by atoms with van der Waals surface area (Å²) in [6, 6.07) is 21.1. The fourth-order valence-electron chi connectivity index (χ4n) is 3.73. The maximum absolute atomic E-state index is 12.4. The summed E-state index contributed by atoms with van der Waals surface area (Å²) in [5.41, 5.74) is 3.35. The lowest BCUT2D eigenvalue weighted by atomic mass is 10.1. The SMILES string of the molecule is CN(CC(=O)Nc1ccc([C@@H]2NC(=O)c3cccnc3N2C)cc1)Cc1ccccc1. The van der Waals surface area contributed by atoms with Gasteiger partial charge in [-0.25, -0.2) is 4.98 Å². The lowest BCUT2D eigenvalue weighted by molar-refractivity contribution is -0.117. The van der Waals surface area contributed by atoms with Crippen molar-refractivity contribution in [3.63, 3.8) is 0 Å². The minimum atomic E-state index is -0.323. The monoisotopic (exact) mass is 415 g/mol. The van der Waals surface area contributed by atoms with Crippen LogP contribution < -0.4 is 15.5 Å². The first-order valence-electron chi connectivity index (χ1n) is 10.1. The highest BCUT2D eigenvalue weighted by Gasteiger charge is 2.30. The molecule has 0 unspecified atom stereocenters. The molecule has 0 fully saturated rings. The van der Waals surface area contributed by atoms with E-state index in [2.05, 4.69) is 15.6 Å². The van der Waals surface area contributed by atoms with Crippen LogP contribution in [0.15, 0.2) is 72.9 Å². The van der Waals surface area contributed by atoms with Crippen LogP contribution in [0.1, 0.15) is 27.7 Å². The van der Waals surface area contributed by atoms with Gasteiger partial charge in [-0.05, 0) is 42.4 Å². The van der Waals surface area contributed by atoms with Gasteiger partial charge in [-0.3, -0.25) is 14.5 Å². The summed E-state index contributed by atoms with van der Waals surface area (Å²) in [5.74, 6) is 0.424. The number of aromatic nitrogens is 1. The van der Waals surface area contributed by atoms with Gasteiger partial charge in [0.05, 0.1) is 12.1 Å². The van der Waals surface area contributed by atoms with E-state index in [0.29, 0.717) is 30.2 Å². The maximum atomic E-state index is 12.4. The molecule has 2 N–H and O–H groups in total. The highest BCUT2D eigenvalue weighted by Crippen LogP contribution is 2.30. The van der Waals surface area contributed by atoms with Crippen LogP contribution in [-0.4, -0.2) is 42.3 Å². The minimum Gasteiger partial charge on any atom is -0.335 e. The van der Waals surface area contributed by atoms with Gasteiger partial charge in [0, 0.05) is 25.5 Å². The fraction of sp³-hybridized carbons (Fsp3) is 0.208. The summed E-state index contributed by atoms with van der Waals surface area (Å²) >= 11 is 0. The molecule has 4 rings (SSSR count). The van der Waals surface area contributed by atoms with E-state index >= 15 is 0 Å². The smallest absolute Gasteiger partial charge is 0.256 e. The molecule has 0 saturated carbocycles. The van der Waals surface area contributed by atoms with Gasteiger partial charge in [0.1, 0.15) is 12.0 Å². The molecular weight excluding hydrogens is 390 g/mol. The van der Waals surface area contributed by atoms with E-state index in [1.54, 1.807) is 18.3 Å². The Hall–Kier alpha value is -3.71. The Morgan fingerprint density at radius 3 is 2.58 bits per heavy atom. The van der Waals surface area contributed by atoms with Crippen molar-refractivity contribution in [3.05, 3.63) is 89.6 Å². The zero-order chi connectivity index (χ0) is 21.8. The second-order valence-electron chi connectivity index (χ2n) is 7.69. The topological polar surface area (TPSA) is 77.6 Å². The largest absolute Gasteiger partial charge is 0.335 e. The zero-order valence-corrected chi connectivity index (χ0v) is 17.6. The number of nitrogens with zero attached hydrogens (tertiary/aromatic N) is 3. The Kier molecular flexibility index (Phi) is 5.95. The first-order chi connectivity index (χ1) is 15.0. The van der Waals surface area contributed by atoms with Gasteiger partial charge in [-0.2, -0.15) is 0 Å². The van der Waals surface area contributed by atoms with Crippen molar-refractivity contribution in [2.45, 2.75) is 12.7 Å². The predicted octanol–water partition coefficient (Wildman–Crippen LogP) is 3.03. The number of hydrogen-bond donors (Lipinski definition) is 2. The van der Waals surface area contributed by atoms with Gasteiger partial charge in [-0.1, -0.05) is 42.5 Å². The molecule has 7 nitrogen and oxygen atoms in total. The summed E-state index contributed by atoms with van der Waals surface area (Å²) < 4.78 is 0. The summed E-state index contributed by atoms with van der Waals surface area (Å²) in [4.78, 5) is 33.1. The van der Waals surface area contributed by atoms with E-state index in [1.807, 2.05) is 78.5 Å². The van der Waals surface area contributed by atoms with Gasteiger partial charge >= 0.3 is 0 Å². The average molecular weight is 415 g/mol. The van der Waals surface area contributed by atoms with E-state index in [0.717, 1.165) is 11.1 Å². The molecule has 2 amide bonds. The molecule has 1 atom stereocenters. The first kappa shape index (κ1) is 20.6.